The number of ether oxygens (including phenoxy) is 1. The summed E-state index contributed by atoms with van der Waals surface area (Å²) in [5, 5.41) is 10.9. The lowest BCUT2D eigenvalue weighted by atomic mass is 9.97. The molecule has 0 radical (unpaired) electrons. The SMILES string of the molecule is COc1cc2oc(=O)ccc2cc1C[C@H](O)C(C)(C)Cl. The summed E-state index contributed by atoms with van der Waals surface area (Å²) in [4.78, 5) is 10.5. The fourth-order valence-electron chi connectivity index (χ4n) is 1.94. The largest absolute Gasteiger partial charge is 0.496 e. The number of benzene rings is 1. The Labute approximate surface area is 121 Å². The first-order valence-corrected chi connectivity index (χ1v) is 6.67. The molecule has 0 amide bonds. The van der Waals surface area contributed by atoms with Crippen molar-refractivity contribution in [3.63, 3.8) is 0 Å². The lowest BCUT2D eigenvalue weighted by molar-refractivity contribution is 0.138. The van der Waals surface area contributed by atoms with Crippen molar-refractivity contribution < 1.29 is 14.3 Å². The molecule has 0 bridgehead atoms. The van der Waals surface area contributed by atoms with Crippen LogP contribution < -0.4 is 10.4 Å². The number of hydrogen-bond donors (Lipinski definition) is 1. The lowest BCUT2D eigenvalue weighted by Crippen LogP contribution is -2.32. The van der Waals surface area contributed by atoms with Crippen LogP contribution in [0.15, 0.2) is 33.5 Å². The molecular formula is C15H17ClO4. The average Bonchev–Trinajstić information content (AvgIpc) is 2.37. The summed E-state index contributed by atoms with van der Waals surface area (Å²) in [6.45, 7) is 3.51. The maximum Gasteiger partial charge on any atom is 0.336 e. The maximum absolute atomic E-state index is 11.2. The zero-order valence-electron chi connectivity index (χ0n) is 11.6. The molecular weight excluding hydrogens is 280 g/mol. The van der Waals surface area contributed by atoms with Crippen LogP contribution in [0, 0.1) is 0 Å². The van der Waals surface area contributed by atoms with Crippen molar-refractivity contribution in [1.82, 2.24) is 0 Å². The van der Waals surface area contributed by atoms with E-state index < -0.39 is 16.6 Å². The van der Waals surface area contributed by atoms with E-state index in [9.17, 15) is 9.90 Å². The molecule has 2 rings (SSSR count). The first-order valence-electron chi connectivity index (χ1n) is 6.29. The Balaban J connectivity index is 2.47. The van der Waals surface area contributed by atoms with Gasteiger partial charge in [-0.15, -0.1) is 11.6 Å². The Bertz CT molecular complexity index is 670. The van der Waals surface area contributed by atoms with Crippen LogP contribution in [0.25, 0.3) is 11.0 Å². The monoisotopic (exact) mass is 296 g/mol. The molecule has 1 N–H and O–H groups in total. The predicted octanol–water partition coefficient (Wildman–Crippen LogP) is 2.72. The number of hydrogen-bond acceptors (Lipinski definition) is 4. The van der Waals surface area contributed by atoms with Gasteiger partial charge in [0.15, 0.2) is 0 Å². The summed E-state index contributed by atoms with van der Waals surface area (Å²) in [7, 11) is 1.53. The van der Waals surface area contributed by atoms with Gasteiger partial charge in [-0.2, -0.15) is 0 Å². The second-order valence-corrected chi connectivity index (χ2v) is 6.21. The standard InChI is InChI=1S/C15H17ClO4/c1-15(2,16)13(17)7-10-6-9-4-5-14(18)20-12(9)8-11(10)19-3/h4-6,8,13,17H,7H2,1-3H3/t13-/m0/s1. The molecule has 2 aromatic rings. The topological polar surface area (TPSA) is 59.7 Å². The fourth-order valence-corrected chi connectivity index (χ4v) is 2.02. The molecule has 108 valence electrons. The van der Waals surface area contributed by atoms with E-state index >= 15 is 0 Å². The van der Waals surface area contributed by atoms with E-state index in [1.807, 2.05) is 6.07 Å². The van der Waals surface area contributed by atoms with E-state index in [1.165, 1.54) is 13.2 Å². The number of methoxy groups -OCH3 is 1. The molecule has 1 heterocycles. The van der Waals surface area contributed by atoms with Crippen LogP contribution in [0.3, 0.4) is 0 Å². The van der Waals surface area contributed by atoms with Gasteiger partial charge in [-0.25, -0.2) is 4.79 Å². The van der Waals surface area contributed by atoms with Gasteiger partial charge < -0.3 is 14.3 Å². The first-order chi connectivity index (χ1) is 9.31. The van der Waals surface area contributed by atoms with E-state index in [2.05, 4.69) is 0 Å². The minimum absolute atomic E-state index is 0.356. The summed E-state index contributed by atoms with van der Waals surface area (Å²) < 4.78 is 10.4. The Kier molecular flexibility index (Phi) is 4.06. The van der Waals surface area contributed by atoms with Gasteiger partial charge >= 0.3 is 5.63 Å². The highest BCUT2D eigenvalue weighted by Crippen LogP contribution is 2.29. The van der Waals surface area contributed by atoms with Crippen molar-refractivity contribution in [2.45, 2.75) is 31.2 Å². The molecule has 20 heavy (non-hydrogen) atoms. The van der Waals surface area contributed by atoms with Crippen molar-refractivity contribution in [3.8, 4) is 5.75 Å². The molecule has 4 nitrogen and oxygen atoms in total. The molecule has 1 aromatic heterocycles. The number of rotatable bonds is 4. The van der Waals surface area contributed by atoms with Crippen molar-refractivity contribution in [3.05, 3.63) is 40.2 Å². The molecule has 5 heteroatoms. The number of aliphatic hydroxyl groups excluding tert-OH is 1. The third-order valence-corrected chi connectivity index (χ3v) is 3.48. The highest BCUT2D eigenvalue weighted by Gasteiger charge is 2.26. The Morgan fingerprint density at radius 2 is 2.10 bits per heavy atom. The van der Waals surface area contributed by atoms with Crippen molar-refractivity contribution in [2.75, 3.05) is 7.11 Å². The summed E-state index contributed by atoms with van der Waals surface area (Å²) >= 11 is 6.12. The van der Waals surface area contributed by atoms with Crippen molar-refractivity contribution >= 4 is 22.6 Å². The Morgan fingerprint density at radius 3 is 2.70 bits per heavy atom. The van der Waals surface area contributed by atoms with E-state index in [-0.39, 0.29) is 0 Å². The lowest BCUT2D eigenvalue weighted by Gasteiger charge is -2.24. The van der Waals surface area contributed by atoms with Crippen LogP contribution in [-0.2, 0) is 6.42 Å². The number of halogens is 1. The molecule has 0 unspecified atom stereocenters. The van der Waals surface area contributed by atoms with Gasteiger partial charge in [0.05, 0.1) is 18.1 Å². The second kappa shape index (κ2) is 5.46. The van der Waals surface area contributed by atoms with Crippen LogP contribution in [0.2, 0.25) is 0 Å². The van der Waals surface area contributed by atoms with E-state index in [1.54, 1.807) is 26.0 Å². The van der Waals surface area contributed by atoms with Crippen molar-refractivity contribution in [2.24, 2.45) is 0 Å². The van der Waals surface area contributed by atoms with Crippen LogP contribution in [0.5, 0.6) is 5.75 Å². The van der Waals surface area contributed by atoms with Crippen LogP contribution >= 0.6 is 11.6 Å². The highest BCUT2D eigenvalue weighted by molar-refractivity contribution is 6.23. The maximum atomic E-state index is 11.2. The quantitative estimate of drug-likeness (QED) is 0.696. The normalized spacial score (nSPS) is 13.4. The molecule has 0 saturated heterocycles. The number of fused-ring (bicyclic) bond motifs is 1. The second-order valence-electron chi connectivity index (χ2n) is 5.24. The molecule has 0 aliphatic rings. The van der Waals surface area contributed by atoms with Crippen LogP contribution in [-0.4, -0.2) is 23.2 Å². The summed E-state index contributed by atoms with van der Waals surface area (Å²) in [6.07, 6.45) is -0.361. The minimum atomic E-state index is -0.733. The van der Waals surface area contributed by atoms with Gasteiger partial charge in [0.1, 0.15) is 11.3 Å². The first kappa shape index (κ1) is 14.9. The average molecular weight is 297 g/mol. The van der Waals surface area contributed by atoms with Gasteiger partial charge in [0.2, 0.25) is 0 Å². The van der Waals surface area contributed by atoms with Crippen molar-refractivity contribution in [1.29, 1.82) is 0 Å². The Morgan fingerprint density at radius 1 is 1.40 bits per heavy atom. The molecule has 1 aromatic carbocycles. The van der Waals surface area contributed by atoms with E-state index in [4.69, 9.17) is 20.8 Å². The zero-order valence-corrected chi connectivity index (χ0v) is 12.4. The zero-order chi connectivity index (χ0) is 14.9. The molecule has 0 fully saturated rings. The minimum Gasteiger partial charge on any atom is -0.496 e. The molecule has 1 atom stereocenters. The van der Waals surface area contributed by atoms with E-state index in [0.29, 0.717) is 17.8 Å². The van der Waals surface area contributed by atoms with Crippen LogP contribution in [0.1, 0.15) is 19.4 Å². The fraction of sp³-hybridized carbons (Fsp3) is 0.400. The van der Waals surface area contributed by atoms with Crippen LogP contribution in [0.4, 0.5) is 0 Å². The summed E-state index contributed by atoms with van der Waals surface area (Å²) in [5.41, 5.74) is 0.863. The molecule has 0 aliphatic heterocycles. The molecule has 0 spiro atoms. The highest BCUT2D eigenvalue weighted by atomic mass is 35.5. The molecule has 0 saturated carbocycles. The number of alkyl halides is 1. The summed E-state index contributed by atoms with van der Waals surface area (Å²) in [5.74, 6) is 0.562. The third-order valence-electron chi connectivity index (χ3n) is 3.23. The predicted molar refractivity (Wildman–Crippen MR) is 78.7 cm³/mol. The van der Waals surface area contributed by atoms with Gasteiger partial charge in [-0.1, -0.05) is 0 Å². The van der Waals surface area contributed by atoms with E-state index in [0.717, 1.165) is 10.9 Å². The smallest absolute Gasteiger partial charge is 0.336 e. The molecule has 0 aliphatic carbocycles. The summed E-state index contributed by atoms with van der Waals surface area (Å²) in [6, 6.07) is 6.53. The van der Waals surface area contributed by atoms with Gasteiger partial charge in [0, 0.05) is 23.9 Å². The van der Waals surface area contributed by atoms with Gasteiger partial charge in [-0.3, -0.25) is 0 Å². The Hall–Kier alpha value is -1.52. The van der Waals surface area contributed by atoms with Gasteiger partial charge in [0.25, 0.3) is 0 Å². The third kappa shape index (κ3) is 3.14. The number of aliphatic hydroxyl groups is 1. The van der Waals surface area contributed by atoms with Gasteiger partial charge in [-0.05, 0) is 31.5 Å².